The number of nitriles is 1. The molecule has 0 radical (unpaired) electrons. The maximum atomic E-state index is 8.93. The van der Waals surface area contributed by atoms with Gasteiger partial charge in [0.15, 0.2) is 0 Å². The Bertz CT molecular complexity index is 470. The topological polar surface area (TPSA) is 59.7 Å². The molecule has 0 spiro atoms. The summed E-state index contributed by atoms with van der Waals surface area (Å²) in [6, 6.07) is 9.91. The maximum Gasteiger partial charge on any atom is 0.104 e. The van der Waals surface area contributed by atoms with Crippen LogP contribution in [0.15, 0.2) is 39.8 Å². The van der Waals surface area contributed by atoms with Gasteiger partial charge in [-0.25, -0.2) is 0 Å². The van der Waals surface area contributed by atoms with Gasteiger partial charge in [0.2, 0.25) is 0 Å². The molecule has 74 valence electrons. The Morgan fingerprint density at radius 2 is 2.20 bits per heavy atom. The standard InChI is InChI=1S/C11H9N3S/c1-7(13)8(6-12)11-14-9-4-2-3-5-10(9)15-11/h2-5,13-14H,1H3/b11-8-,13-7?. The Kier molecular flexibility index (Phi) is 2.48. The van der Waals surface area contributed by atoms with Crippen LogP contribution in [0, 0.1) is 16.7 Å². The van der Waals surface area contributed by atoms with Crippen molar-refractivity contribution in [1.82, 2.24) is 0 Å². The van der Waals surface area contributed by atoms with Crippen molar-refractivity contribution in [2.75, 3.05) is 5.32 Å². The van der Waals surface area contributed by atoms with Crippen molar-refractivity contribution in [1.29, 1.82) is 10.7 Å². The number of thioether (sulfide) groups is 1. The second-order valence-corrected chi connectivity index (χ2v) is 4.22. The van der Waals surface area contributed by atoms with E-state index in [1.807, 2.05) is 24.3 Å². The van der Waals surface area contributed by atoms with E-state index in [1.165, 1.54) is 11.8 Å². The lowest BCUT2D eigenvalue weighted by molar-refractivity contribution is 1.41. The van der Waals surface area contributed by atoms with E-state index >= 15 is 0 Å². The molecule has 0 unspecified atom stereocenters. The molecule has 0 saturated heterocycles. The minimum Gasteiger partial charge on any atom is -0.348 e. The van der Waals surface area contributed by atoms with E-state index in [2.05, 4.69) is 11.4 Å². The molecule has 4 heteroatoms. The summed E-state index contributed by atoms with van der Waals surface area (Å²) in [5, 5.41) is 20.3. The van der Waals surface area contributed by atoms with Crippen molar-refractivity contribution in [3.63, 3.8) is 0 Å². The van der Waals surface area contributed by atoms with Gasteiger partial charge in [-0.1, -0.05) is 23.9 Å². The van der Waals surface area contributed by atoms with E-state index in [0.29, 0.717) is 11.3 Å². The molecule has 0 bridgehead atoms. The van der Waals surface area contributed by atoms with E-state index in [-0.39, 0.29) is 0 Å². The summed E-state index contributed by atoms with van der Waals surface area (Å²) in [4.78, 5) is 1.10. The first-order chi connectivity index (χ1) is 7.22. The van der Waals surface area contributed by atoms with Gasteiger partial charge in [-0.15, -0.1) is 0 Å². The SMILES string of the molecule is CC(=N)/C(C#N)=C1/Nc2ccccc2S1. The molecule has 1 heterocycles. The van der Waals surface area contributed by atoms with Crippen molar-refractivity contribution in [3.05, 3.63) is 34.9 Å². The molecule has 1 aliphatic heterocycles. The van der Waals surface area contributed by atoms with Crippen LogP contribution < -0.4 is 5.32 Å². The van der Waals surface area contributed by atoms with Crippen LogP contribution in [-0.2, 0) is 0 Å². The number of hydrogen-bond donors (Lipinski definition) is 2. The van der Waals surface area contributed by atoms with Crippen LogP contribution in [0.5, 0.6) is 0 Å². The Morgan fingerprint density at radius 1 is 1.47 bits per heavy atom. The molecule has 0 saturated carbocycles. The third-order valence-corrected chi connectivity index (χ3v) is 3.15. The average Bonchev–Trinajstić information content (AvgIpc) is 2.61. The Balaban J connectivity index is 2.42. The second-order valence-electron chi connectivity index (χ2n) is 3.16. The van der Waals surface area contributed by atoms with Gasteiger partial charge in [-0.05, 0) is 19.1 Å². The van der Waals surface area contributed by atoms with E-state index in [9.17, 15) is 0 Å². The molecule has 2 rings (SSSR count). The summed E-state index contributed by atoms with van der Waals surface area (Å²) in [5.74, 6) is 0. The molecule has 0 aliphatic carbocycles. The van der Waals surface area contributed by atoms with Crippen molar-refractivity contribution in [2.45, 2.75) is 11.8 Å². The molecule has 0 aromatic heterocycles. The summed E-state index contributed by atoms with van der Waals surface area (Å²) < 4.78 is 0. The monoisotopic (exact) mass is 215 g/mol. The molecule has 0 amide bonds. The number of hydrogen-bond acceptors (Lipinski definition) is 4. The molecule has 1 aliphatic rings. The number of allylic oxidation sites excluding steroid dienone is 1. The fraction of sp³-hybridized carbons (Fsp3) is 0.0909. The van der Waals surface area contributed by atoms with Crippen LogP contribution in [0.25, 0.3) is 0 Å². The first-order valence-corrected chi connectivity index (χ1v) is 5.28. The highest BCUT2D eigenvalue weighted by molar-refractivity contribution is 8.03. The molecule has 1 aromatic rings. The summed E-state index contributed by atoms with van der Waals surface area (Å²) in [6.45, 7) is 1.62. The first-order valence-electron chi connectivity index (χ1n) is 4.46. The number of fused-ring (bicyclic) bond motifs is 1. The van der Waals surface area contributed by atoms with Crippen LogP contribution in [0.1, 0.15) is 6.92 Å². The van der Waals surface area contributed by atoms with Gasteiger partial charge >= 0.3 is 0 Å². The van der Waals surface area contributed by atoms with E-state index in [1.54, 1.807) is 6.92 Å². The summed E-state index contributed by atoms with van der Waals surface area (Å²) in [7, 11) is 0. The second kappa shape index (κ2) is 3.79. The molecule has 0 fully saturated rings. The molecule has 15 heavy (non-hydrogen) atoms. The van der Waals surface area contributed by atoms with Gasteiger partial charge < -0.3 is 10.7 Å². The maximum absolute atomic E-state index is 8.93. The van der Waals surface area contributed by atoms with Crippen molar-refractivity contribution < 1.29 is 0 Å². The van der Waals surface area contributed by atoms with E-state index < -0.39 is 0 Å². The average molecular weight is 215 g/mol. The summed E-state index contributed by atoms with van der Waals surface area (Å²) >= 11 is 1.50. The summed E-state index contributed by atoms with van der Waals surface area (Å²) in [6.07, 6.45) is 0. The largest absolute Gasteiger partial charge is 0.348 e. The molecule has 3 nitrogen and oxygen atoms in total. The van der Waals surface area contributed by atoms with Gasteiger partial charge in [-0.3, -0.25) is 0 Å². The fourth-order valence-corrected chi connectivity index (χ4v) is 2.39. The van der Waals surface area contributed by atoms with Crippen LogP contribution in [0.3, 0.4) is 0 Å². The Hall–Kier alpha value is -1.73. The van der Waals surface area contributed by atoms with Crippen LogP contribution in [0.2, 0.25) is 0 Å². The molecular weight excluding hydrogens is 206 g/mol. The first kappa shape index (κ1) is 9.81. The van der Waals surface area contributed by atoms with E-state index in [4.69, 9.17) is 10.7 Å². The van der Waals surface area contributed by atoms with E-state index in [0.717, 1.165) is 15.6 Å². The van der Waals surface area contributed by atoms with Crippen LogP contribution >= 0.6 is 11.8 Å². The highest BCUT2D eigenvalue weighted by Crippen LogP contribution is 2.41. The van der Waals surface area contributed by atoms with Gasteiger partial charge in [-0.2, -0.15) is 5.26 Å². The highest BCUT2D eigenvalue weighted by atomic mass is 32.2. The minimum atomic E-state index is 0.292. The van der Waals surface area contributed by atoms with Gasteiger partial charge in [0.1, 0.15) is 11.6 Å². The number of benzene rings is 1. The normalized spacial score (nSPS) is 16.3. The number of nitrogens with zero attached hydrogens (tertiary/aromatic N) is 1. The number of rotatable bonds is 1. The minimum absolute atomic E-state index is 0.292. The molecule has 1 aromatic carbocycles. The lowest BCUT2D eigenvalue weighted by Crippen LogP contribution is -2.00. The lowest BCUT2D eigenvalue weighted by atomic mass is 10.2. The van der Waals surface area contributed by atoms with Gasteiger partial charge in [0.25, 0.3) is 0 Å². The third-order valence-electron chi connectivity index (χ3n) is 2.06. The fourth-order valence-electron chi connectivity index (χ4n) is 1.34. The molecular formula is C11H9N3S. The predicted octanol–water partition coefficient (Wildman–Crippen LogP) is 2.98. The number of nitrogens with one attached hydrogen (secondary N) is 2. The zero-order chi connectivity index (χ0) is 10.8. The Labute approximate surface area is 92.3 Å². The molecule has 0 atom stereocenters. The number of para-hydroxylation sites is 1. The molecule has 2 N–H and O–H groups in total. The van der Waals surface area contributed by atoms with Crippen molar-refractivity contribution in [2.24, 2.45) is 0 Å². The third kappa shape index (κ3) is 1.74. The van der Waals surface area contributed by atoms with Crippen molar-refractivity contribution >= 4 is 23.2 Å². The predicted molar refractivity (Wildman–Crippen MR) is 62.0 cm³/mol. The van der Waals surface area contributed by atoms with Crippen molar-refractivity contribution in [3.8, 4) is 6.07 Å². The zero-order valence-corrected chi connectivity index (χ0v) is 8.98. The summed E-state index contributed by atoms with van der Waals surface area (Å²) in [5.41, 5.74) is 1.71. The van der Waals surface area contributed by atoms with Gasteiger partial charge in [0.05, 0.1) is 10.7 Å². The smallest absolute Gasteiger partial charge is 0.104 e. The highest BCUT2D eigenvalue weighted by Gasteiger charge is 2.19. The van der Waals surface area contributed by atoms with Crippen LogP contribution in [-0.4, -0.2) is 5.71 Å². The Morgan fingerprint density at radius 3 is 2.80 bits per heavy atom. The lowest BCUT2D eigenvalue weighted by Gasteiger charge is -2.01. The zero-order valence-electron chi connectivity index (χ0n) is 8.16. The quantitative estimate of drug-likeness (QED) is 0.559. The van der Waals surface area contributed by atoms with Crippen LogP contribution in [0.4, 0.5) is 5.69 Å². The number of anilines is 1. The van der Waals surface area contributed by atoms with Gasteiger partial charge in [0, 0.05) is 10.6 Å².